The molecule has 0 aliphatic carbocycles. The number of aromatic nitrogens is 1. The quantitative estimate of drug-likeness (QED) is 0.730. The van der Waals surface area contributed by atoms with Gasteiger partial charge < -0.3 is 0 Å². The minimum atomic E-state index is -6.36. The van der Waals surface area contributed by atoms with Crippen LogP contribution in [0.25, 0.3) is 0 Å². The van der Waals surface area contributed by atoms with Crippen LogP contribution in [-0.4, -0.2) is 17.1 Å². The number of halogens is 7. The monoisotopic (exact) mass is 246 g/mol. The molecule has 89 valence electrons. The molecule has 0 fully saturated rings. The third-order valence-electron chi connectivity index (χ3n) is 1.65. The number of rotatable bonds is 2. The van der Waals surface area contributed by atoms with Gasteiger partial charge in [-0.1, -0.05) is 6.07 Å². The van der Waals surface area contributed by atoms with Crippen LogP contribution in [-0.2, 0) is 5.92 Å². The average molecular weight is 246 g/mol. The molecule has 1 heterocycles. The lowest BCUT2D eigenvalue weighted by Crippen LogP contribution is -2.50. The second-order valence-corrected chi connectivity index (χ2v) is 2.78. The zero-order valence-electron chi connectivity index (χ0n) is 7.33. The lowest BCUT2D eigenvalue weighted by Gasteiger charge is -2.27. The molecule has 0 saturated heterocycles. The van der Waals surface area contributed by atoms with Gasteiger partial charge in [-0.05, 0) is 6.07 Å². The van der Waals surface area contributed by atoms with Crippen molar-refractivity contribution in [3.63, 3.8) is 0 Å². The normalized spacial score (nSPS) is 13.9. The molecule has 8 heteroatoms. The van der Waals surface area contributed by atoms with E-state index < -0.39 is 23.7 Å². The fraction of sp³-hybridized carbons (Fsp3) is 0.375. The summed E-state index contributed by atoms with van der Waals surface area (Å²) in [6.07, 6.45) is -5.69. The van der Waals surface area contributed by atoms with E-state index in [1.807, 2.05) is 0 Å². The van der Waals surface area contributed by atoms with Gasteiger partial charge in [0.05, 0.1) is 0 Å². The summed E-state index contributed by atoms with van der Waals surface area (Å²) in [7, 11) is 0. The molecule has 0 atom stereocenters. The molecule has 16 heavy (non-hydrogen) atoms. The number of nitrogens with zero attached hydrogens (tertiary/aromatic N) is 1. The maximum absolute atomic E-state index is 12.9. The molecule has 0 saturated carbocycles. The summed E-state index contributed by atoms with van der Waals surface area (Å²) < 4.78 is 85.9. The van der Waals surface area contributed by atoms with Crippen LogP contribution in [0.15, 0.2) is 18.3 Å². The van der Waals surface area contributed by atoms with Gasteiger partial charge in [0, 0.05) is 12.3 Å². The van der Waals surface area contributed by atoms with Gasteiger partial charge in [-0.15, -0.1) is 0 Å². The van der Waals surface area contributed by atoms with E-state index >= 15 is 0 Å². The lowest BCUT2D eigenvalue weighted by molar-refractivity contribution is -0.360. The molecule has 1 aromatic rings. The first-order chi connectivity index (χ1) is 7.11. The van der Waals surface area contributed by atoms with E-state index in [-0.39, 0.29) is 0 Å². The van der Waals surface area contributed by atoms with E-state index in [2.05, 4.69) is 4.98 Å². The Kier molecular flexibility index (Phi) is 2.86. The summed E-state index contributed by atoms with van der Waals surface area (Å²) >= 11 is 0. The molecule has 0 aromatic carbocycles. The molecule has 0 bridgehead atoms. The number of hydrogen-bond acceptors (Lipinski definition) is 1. The third kappa shape index (κ3) is 1.83. The molecule has 1 nitrogen and oxygen atoms in total. The first kappa shape index (κ1) is 12.7. The maximum Gasteiger partial charge on any atom is 0.460 e. The van der Waals surface area contributed by atoms with Gasteiger partial charge in [0.15, 0.2) is 0 Å². The lowest BCUT2D eigenvalue weighted by atomic mass is 10.1. The molecule has 1 aromatic heterocycles. The van der Waals surface area contributed by atoms with E-state index in [9.17, 15) is 30.7 Å². The molecule has 1 radical (unpaired) electrons. The fourth-order valence-electron chi connectivity index (χ4n) is 0.823. The van der Waals surface area contributed by atoms with Crippen LogP contribution < -0.4 is 0 Å². The highest BCUT2D eigenvalue weighted by molar-refractivity contribution is 5.13. The summed E-state index contributed by atoms with van der Waals surface area (Å²) in [6, 6.07) is 3.37. The van der Waals surface area contributed by atoms with Crippen molar-refractivity contribution < 1.29 is 30.7 Å². The van der Waals surface area contributed by atoms with Gasteiger partial charge in [-0.3, -0.25) is 4.98 Å². The van der Waals surface area contributed by atoms with Crippen molar-refractivity contribution in [3.8, 4) is 0 Å². The number of hydrogen-bond donors (Lipinski definition) is 0. The van der Waals surface area contributed by atoms with Gasteiger partial charge in [0.2, 0.25) is 0 Å². The Hall–Kier alpha value is -1.34. The molecule has 0 aliphatic rings. The predicted octanol–water partition coefficient (Wildman–Crippen LogP) is 3.17. The molecule has 0 spiro atoms. The molecular weight excluding hydrogens is 243 g/mol. The Morgan fingerprint density at radius 1 is 1.00 bits per heavy atom. The summed E-state index contributed by atoms with van der Waals surface area (Å²) in [5.41, 5.74) is -1.75. The first-order valence-electron chi connectivity index (χ1n) is 3.76. The molecular formula is C8H3F7N. The molecule has 0 aliphatic heterocycles. The summed E-state index contributed by atoms with van der Waals surface area (Å²) in [4.78, 5) is 2.74. The fourth-order valence-corrected chi connectivity index (χ4v) is 0.823. The highest BCUT2D eigenvalue weighted by atomic mass is 19.4. The maximum atomic E-state index is 12.9. The van der Waals surface area contributed by atoms with Crippen LogP contribution in [0.5, 0.6) is 0 Å². The second-order valence-electron chi connectivity index (χ2n) is 2.78. The Morgan fingerprint density at radius 2 is 1.56 bits per heavy atom. The number of alkyl halides is 7. The summed E-state index contributed by atoms with van der Waals surface area (Å²) in [5.74, 6) is -11.6. The molecule has 0 N–H and O–H groups in total. The SMILES string of the molecule is FC(F)(F)C(F)(F)C(F)(F)c1[c]cccn1. The van der Waals surface area contributed by atoms with Crippen molar-refractivity contribution in [2.45, 2.75) is 18.0 Å². The van der Waals surface area contributed by atoms with Gasteiger partial charge >= 0.3 is 18.0 Å². The van der Waals surface area contributed by atoms with Gasteiger partial charge in [0.1, 0.15) is 5.69 Å². The topological polar surface area (TPSA) is 12.9 Å². The zero-order chi connectivity index (χ0) is 12.6. The zero-order valence-corrected chi connectivity index (χ0v) is 7.33. The van der Waals surface area contributed by atoms with E-state index in [0.29, 0.717) is 6.20 Å². The van der Waals surface area contributed by atoms with Crippen LogP contribution in [0.4, 0.5) is 30.7 Å². The van der Waals surface area contributed by atoms with Crippen molar-refractivity contribution in [1.82, 2.24) is 4.98 Å². The van der Waals surface area contributed by atoms with Crippen LogP contribution in [0, 0.1) is 6.07 Å². The third-order valence-corrected chi connectivity index (χ3v) is 1.65. The van der Waals surface area contributed by atoms with Crippen molar-refractivity contribution >= 4 is 0 Å². The van der Waals surface area contributed by atoms with E-state index in [1.54, 1.807) is 6.07 Å². The summed E-state index contributed by atoms with van der Waals surface area (Å²) in [5, 5.41) is 0. The number of pyridine rings is 1. The Morgan fingerprint density at radius 3 is 1.94 bits per heavy atom. The minimum absolute atomic E-state index is 0.673. The van der Waals surface area contributed by atoms with Crippen LogP contribution in [0.3, 0.4) is 0 Å². The van der Waals surface area contributed by atoms with Crippen LogP contribution >= 0.6 is 0 Å². The highest BCUT2D eigenvalue weighted by Gasteiger charge is 2.74. The van der Waals surface area contributed by atoms with Crippen molar-refractivity contribution in [1.29, 1.82) is 0 Å². The largest absolute Gasteiger partial charge is 0.460 e. The Labute approximate surface area is 84.9 Å². The second kappa shape index (κ2) is 3.60. The molecule has 1 rings (SSSR count). The average Bonchev–Trinajstić information content (AvgIpc) is 2.17. The van der Waals surface area contributed by atoms with Crippen molar-refractivity contribution in [2.24, 2.45) is 0 Å². The van der Waals surface area contributed by atoms with Crippen LogP contribution in [0.1, 0.15) is 5.69 Å². The van der Waals surface area contributed by atoms with Gasteiger partial charge in [-0.25, -0.2) is 0 Å². The van der Waals surface area contributed by atoms with Gasteiger partial charge in [0.25, 0.3) is 0 Å². The van der Waals surface area contributed by atoms with Gasteiger partial charge in [-0.2, -0.15) is 30.7 Å². The standard InChI is InChI=1S/C8H3F7N/c9-6(10,5-3-1-2-4-16-5)7(11,12)8(13,14)15/h1-2,4H. The summed E-state index contributed by atoms with van der Waals surface area (Å²) in [6.45, 7) is 0. The predicted molar refractivity (Wildman–Crippen MR) is 38.0 cm³/mol. The van der Waals surface area contributed by atoms with E-state index in [0.717, 1.165) is 12.1 Å². The van der Waals surface area contributed by atoms with E-state index in [1.165, 1.54) is 0 Å². The molecule has 0 amide bonds. The van der Waals surface area contributed by atoms with E-state index in [4.69, 9.17) is 0 Å². The molecule has 0 unspecified atom stereocenters. The highest BCUT2D eigenvalue weighted by Crippen LogP contribution is 2.50. The Bertz CT molecular complexity index is 356. The first-order valence-corrected chi connectivity index (χ1v) is 3.76. The van der Waals surface area contributed by atoms with Crippen LogP contribution in [0.2, 0.25) is 0 Å². The van der Waals surface area contributed by atoms with Crippen molar-refractivity contribution in [3.05, 3.63) is 30.1 Å². The van der Waals surface area contributed by atoms with Crippen molar-refractivity contribution in [2.75, 3.05) is 0 Å². The Balaban J connectivity index is 3.22. The smallest absolute Gasteiger partial charge is 0.254 e. The minimum Gasteiger partial charge on any atom is -0.254 e.